The number of hydrogen-bond donors (Lipinski definition) is 3. The van der Waals surface area contributed by atoms with Gasteiger partial charge in [0.05, 0.1) is 23.9 Å². The predicted molar refractivity (Wildman–Crippen MR) is 112 cm³/mol. The molecule has 0 spiro atoms. The molecule has 0 aromatic heterocycles. The van der Waals surface area contributed by atoms with Gasteiger partial charge in [-0.25, -0.2) is 0 Å². The van der Waals surface area contributed by atoms with Crippen molar-refractivity contribution in [2.75, 3.05) is 11.9 Å². The average molecular weight is 402 g/mol. The minimum atomic E-state index is -0.452. The molecule has 2 aromatic rings. The summed E-state index contributed by atoms with van der Waals surface area (Å²) in [5.74, 6) is 0.361. The molecule has 0 aliphatic carbocycles. The van der Waals surface area contributed by atoms with Crippen molar-refractivity contribution in [3.8, 4) is 5.75 Å². The van der Waals surface area contributed by atoms with Crippen molar-refractivity contribution in [2.45, 2.75) is 19.9 Å². The van der Waals surface area contributed by atoms with Crippen molar-refractivity contribution in [1.29, 1.82) is 0 Å². The van der Waals surface area contributed by atoms with E-state index in [0.29, 0.717) is 39.4 Å². The Morgan fingerprint density at radius 2 is 1.93 bits per heavy atom. The highest BCUT2D eigenvalue weighted by atomic mass is 35.5. The van der Waals surface area contributed by atoms with Crippen molar-refractivity contribution in [1.82, 2.24) is 10.6 Å². The summed E-state index contributed by atoms with van der Waals surface area (Å²) in [6.07, 6.45) is 0. The molecule has 1 aliphatic rings. The average Bonchev–Trinajstić information content (AvgIpc) is 2.63. The summed E-state index contributed by atoms with van der Waals surface area (Å²) < 4.78 is 5.60. The molecule has 0 saturated heterocycles. The van der Waals surface area contributed by atoms with Gasteiger partial charge in [0.1, 0.15) is 5.75 Å². The van der Waals surface area contributed by atoms with E-state index in [1.807, 2.05) is 50.2 Å². The van der Waals surface area contributed by atoms with Crippen molar-refractivity contribution < 1.29 is 9.53 Å². The number of allylic oxidation sites excluding steroid dienone is 1. The minimum Gasteiger partial charge on any atom is -0.492 e. The molecular formula is C20H20ClN3O2S. The first-order valence-electron chi connectivity index (χ1n) is 8.57. The van der Waals surface area contributed by atoms with Gasteiger partial charge in [-0.2, -0.15) is 0 Å². The second kappa shape index (κ2) is 8.41. The smallest absolute Gasteiger partial charge is 0.255 e. The molecule has 1 atom stereocenters. The highest BCUT2D eigenvalue weighted by Crippen LogP contribution is 2.33. The van der Waals surface area contributed by atoms with Crippen LogP contribution >= 0.6 is 23.8 Å². The molecule has 0 radical (unpaired) electrons. The van der Waals surface area contributed by atoms with Gasteiger partial charge in [0.2, 0.25) is 0 Å². The standard InChI is InChI=1S/C20H20ClN3O2S/c1-3-26-16-11-7-6-10-15(16)23-19(25)17-12(2)22-20(27)24-18(17)13-8-4-5-9-14(13)21/h4-11,18H,3H2,1-2H3,(H,23,25)(H2,22,24,27). The number of para-hydroxylation sites is 2. The van der Waals surface area contributed by atoms with E-state index in [2.05, 4.69) is 16.0 Å². The Bertz CT molecular complexity index is 914. The largest absolute Gasteiger partial charge is 0.492 e. The molecular weight excluding hydrogens is 382 g/mol. The Labute approximate surface area is 168 Å². The SMILES string of the molecule is CCOc1ccccc1NC(=O)C1=C(C)NC(=S)NC1c1ccccc1Cl. The van der Waals surface area contributed by atoms with E-state index in [9.17, 15) is 4.79 Å². The van der Waals surface area contributed by atoms with Crippen LogP contribution in [0.15, 0.2) is 59.8 Å². The van der Waals surface area contributed by atoms with E-state index >= 15 is 0 Å². The number of anilines is 1. The van der Waals surface area contributed by atoms with Crippen LogP contribution in [0.3, 0.4) is 0 Å². The number of hydrogen-bond acceptors (Lipinski definition) is 3. The van der Waals surface area contributed by atoms with E-state index in [1.54, 1.807) is 12.1 Å². The highest BCUT2D eigenvalue weighted by Gasteiger charge is 2.31. The first kappa shape index (κ1) is 19.2. The number of carbonyl (C=O) groups is 1. The molecule has 5 nitrogen and oxygen atoms in total. The second-order valence-corrected chi connectivity index (χ2v) is 6.79. The van der Waals surface area contributed by atoms with E-state index in [-0.39, 0.29) is 5.91 Å². The fourth-order valence-electron chi connectivity index (χ4n) is 2.98. The molecule has 1 amide bonds. The molecule has 27 heavy (non-hydrogen) atoms. The van der Waals surface area contributed by atoms with Gasteiger partial charge in [-0.1, -0.05) is 41.9 Å². The first-order valence-corrected chi connectivity index (χ1v) is 9.35. The van der Waals surface area contributed by atoms with Crippen molar-refractivity contribution >= 4 is 40.5 Å². The fourth-order valence-corrected chi connectivity index (χ4v) is 3.49. The third-order valence-electron chi connectivity index (χ3n) is 4.17. The number of thiocarbonyl (C=S) groups is 1. The molecule has 1 aliphatic heterocycles. The Kier molecular flexibility index (Phi) is 5.98. The number of rotatable bonds is 5. The van der Waals surface area contributed by atoms with Gasteiger partial charge in [0.25, 0.3) is 5.91 Å². The van der Waals surface area contributed by atoms with Crippen molar-refractivity contribution in [3.05, 3.63) is 70.4 Å². The van der Waals surface area contributed by atoms with Crippen LogP contribution in [-0.4, -0.2) is 17.6 Å². The zero-order valence-electron chi connectivity index (χ0n) is 15.0. The maximum atomic E-state index is 13.1. The molecule has 1 heterocycles. The molecule has 3 rings (SSSR count). The van der Waals surface area contributed by atoms with Crippen LogP contribution in [0.5, 0.6) is 5.75 Å². The van der Waals surface area contributed by atoms with Crippen LogP contribution in [-0.2, 0) is 4.79 Å². The zero-order valence-corrected chi connectivity index (χ0v) is 16.6. The Hall–Kier alpha value is -2.57. The van der Waals surface area contributed by atoms with Gasteiger partial charge in [-0.3, -0.25) is 4.79 Å². The quantitative estimate of drug-likeness (QED) is 0.656. The lowest BCUT2D eigenvalue weighted by atomic mass is 9.95. The number of halogens is 1. The van der Waals surface area contributed by atoms with Crippen molar-refractivity contribution in [3.63, 3.8) is 0 Å². The van der Waals surface area contributed by atoms with Crippen LogP contribution in [0.4, 0.5) is 5.69 Å². The summed E-state index contributed by atoms with van der Waals surface area (Å²) in [6, 6.07) is 14.3. The third-order valence-corrected chi connectivity index (χ3v) is 4.73. The van der Waals surface area contributed by atoms with Gasteiger partial charge in [-0.15, -0.1) is 0 Å². The summed E-state index contributed by atoms with van der Waals surface area (Å²) in [5, 5.41) is 10.1. The summed E-state index contributed by atoms with van der Waals surface area (Å²) in [7, 11) is 0. The summed E-state index contributed by atoms with van der Waals surface area (Å²) in [6.45, 7) is 4.23. The van der Waals surface area contributed by atoms with E-state index in [1.165, 1.54) is 0 Å². The summed E-state index contributed by atoms with van der Waals surface area (Å²) >= 11 is 11.6. The van der Waals surface area contributed by atoms with E-state index < -0.39 is 6.04 Å². The van der Waals surface area contributed by atoms with Gasteiger partial charge in [0.15, 0.2) is 5.11 Å². The monoisotopic (exact) mass is 401 g/mol. The third kappa shape index (κ3) is 4.23. The molecule has 140 valence electrons. The molecule has 1 unspecified atom stereocenters. The maximum absolute atomic E-state index is 13.1. The normalized spacial score (nSPS) is 16.4. The lowest BCUT2D eigenvalue weighted by molar-refractivity contribution is -0.113. The van der Waals surface area contributed by atoms with Crippen LogP contribution in [0.25, 0.3) is 0 Å². The molecule has 0 bridgehead atoms. The van der Waals surface area contributed by atoms with Gasteiger partial charge in [0, 0.05) is 10.7 Å². The van der Waals surface area contributed by atoms with Crippen LogP contribution in [0.2, 0.25) is 5.02 Å². The van der Waals surface area contributed by atoms with E-state index in [4.69, 9.17) is 28.6 Å². The Morgan fingerprint density at radius 3 is 2.67 bits per heavy atom. The fraction of sp³-hybridized carbons (Fsp3) is 0.200. The second-order valence-electron chi connectivity index (χ2n) is 5.97. The lowest BCUT2D eigenvalue weighted by Crippen LogP contribution is -2.45. The maximum Gasteiger partial charge on any atom is 0.255 e. The van der Waals surface area contributed by atoms with Crippen LogP contribution in [0, 0.1) is 0 Å². The molecule has 0 saturated carbocycles. The summed E-state index contributed by atoms with van der Waals surface area (Å²) in [4.78, 5) is 13.1. The predicted octanol–water partition coefficient (Wildman–Crippen LogP) is 4.17. The van der Waals surface area contributed by atoms with Gasteiger partial charge < -0.3 is 20.7 Å². The van der Waals surface area contributed by atoms with Gasteiger partial charge in [-0.05, 0) is 49.8 Å². The number of amides is 1. The van der Waals surface area contributed by atoms with Crippen molar-refractivity contribution in [2.24, 2.45) is 0 Å². The number of ether oxygens (including phenoxy) is 1. The van der Waals surface area contributed by atoms with Gasteiger partial charge >= 0.3 is 0 Å². The number of carbonyl (C=O) groups excluding carboxylic acids is 1. The Balaban J connectivity index is 1.97. The van der Waals surface area contributed by atoms with Crippen LogP contribution < -0.4 is 20.7 Å². The highest BCUT2D eigenvalue weighted by molar-refractivity contribution is 7.80. The minimum absolute atomic E-state index is 0.257. The van der Waals surface area contributed by atoms with Crippen LogP contribution in [0.1, 0.15) is 25.5 Å². The lowest BCUT2D eigenvalue weighted by Gasteiger charge is -2.31. The van der Waals surface area contributed by atoms with E-state index in [0.717, 1.165) is 5.56 Å². The topological polar surface area (TPSA) is 62.4 Å². The molecule has 0 fully saturated rings. The molecule has 3 N–H and O–H groups in total. The Morgan fingerprint density at radius 1 is 1.22 bits per heavy atom. The zero-order chi connectivity index (χ0) is 19.4. The number of benzene rings is 2. The molecule has 2 aromatic carbocycles. The number of nitrogens with one attached hydrogen (secondary N) is 3. The summed E-state index contributed by atoms with van der Waals surface area (Å²) in [5.41, 5.74) is 2.58. The molecule has 7 heteroatoms. The first-order chi connectivity index (χ1) is 13.0.